The van der Waals surface area contributed by atoms with Crippen LogP contribution in [0.25, 0.3) is 10.8 Å². The van der Waals surface area contributed by atoms with Crippen molar-refractivity contribution in [2.75, 3.05) is 11.3 Å². The Kier molecular flexibility index (Phi) is 7.78. The number of aromatic hydroxyl groups is 3. The number of phenolic OH excluding ortho intramolecular Hbond substituents is 3. The van der Waals surface area contributed by atoms with E-state index in [0.717, 1.165) is 24.3 Å². The van der Waals surface area contributed by atoms with Crippen molar-refractivity contribution in [3.63, 3.8) is 0 Å². The summed E-state index contributed by atoms with van der Waals surface area (Å²) in [6.07, 6.45) is 1.69. The Labute approximate surface area is 221 Å². The Morgan fingerprint density at radius 1 is 0.842 bits per heavy atom. The van der Waals surface area contributed by atoms with Gasteiger partial charge in [-0.15, -0.1) is 0 Å². The van der Waals surface area contributed by atoms with Crippen molar-refractivity contribution >= 4 is 32.4 Å². The van der Waals surface area contributed by atoms with Crippen LogP contribution in [0.15, 0.2) is 77.7 Å². The van der Waals surface area contributed by atoms with Crippen LogP contribution in [0.3, 0.4) is 0 Å². The average molecular weight is 535 g/mol. The predicted octanol–water partition coefficient (Wildman–Crippen LogP) is 5.24. The van der Waals surface area contributed by atoms with E-state index in [2.05, 4.69) is 22.2 Å². The van der Waals surface area contributed by atoms with Gasteiger partial charge >= 0.3 is 0 Å². The minimum Gasteiger partial charge on any atom is -0.504 e. The summed E-state index contributed by atoms with van der Waals surface area (Å²) in [7, 11) is -4.30. The van der Waals surface area contributed by atoms with Gasteiger partial charge in [-0.05, 0) is 65.4 Å². The molecule has 4 rings (SSSR count). The molecule has 0 aliphatic rings. The van der Waals surface area contributed by atoms with E-state index in [1.807, 2.05) is 18.2 Å². The molecule has 4 aromatic carbocycles. The maximum atomic E-state index is 13.0. The van der Waals surface area contributed by atoms with Crippen molar-refractivity contribution in [2.24, 2.45) is 0 Å². The van der Waals surface area contributed by atoms with E-state index in [-0.39, 0.29) is 23.1 Å². The largest absolute Gasteiger partial charge is 0.504 e. The maximum absolute atomic E-state index is 13.0. The van der Waals surface area contributed by atoms with Crippen LogP contribution in [-0.4, -0.2) is 36.2 Å². The van der Waals surface area contributed by atoms with Gasteiger partial charge < -0.3 is 20.6 Å². The van der Waals surface area contributed by atoms with E-state index < -0.39 is 32.2 Å². The van der Waals surface area contributed by atoms with E-state index >= 15 is 0 Å². The molecule has 0 heterocycles. The number of carbonyl (C=O) groups is 1. The molecule has 8 nitrogen and oxygen atoms in total. The summed E-state index contributed by atoms with van der Waals surface area (Å²) in [6, 6.07) is 21.2. The van der Waals surface area contributed by atoms with Gasteiger partial charge in [0.15, 0.2) is 11.5 Å². The van der Waals surface area contributed by atoms with E-state index in [4.69, 9.17) is 0 Å². The molecule has 1 amide bonds. The number of amides is 1. The predicted molar refractivity (Wildman–Crippen MR) is 147 cm³/mol. The second-order valence-corrected chi connectivity index (χ2v) is 11.0. The van der Waals surface area contributed by atoms with Gasteiger partial charge in [0.05, 0.1) is 0 Å². The Hall–Kier alpha value is -4.24. The molecule has 0 unspecified atom stereocenters. The number of aryl methyl sites for hydroxylation is 1. The summed E-state index contributed by atoms with van der Waals surface area (Å²) >= 11 is 0. The van der Waals surface area contributed by atoms with Gasteiger partial charge in [-0.3, -0.25) is 9.52 Å². The lowest BCUT2D eigenvalue weighted by molar-refractivity contribution is 0.0953. The average Bonchev–Trinajstić information content (AvgIpc) is 2.89. The molecule has 38 heavy (non-hydrogen) atoms. The SMILES string of the molecule is CC(C)c1cc(S(=O)(=O)Nc2ccc3cc(C(=O)NCCCc4ccccc4)ccc3c2)c(O)c(O)c1O. The molecule has 0 radical (unpaired) electrons. The van der Waals surface area contributed by atoms with E-state index in [0.29, 0.717) is 17.5 Å². The third-order valence-corrected chi connectivity index (χ3v) is 7.67. The molecule has 0 fully saturated rings. The van der Waals surface area contributed by atoms with Crippen LogP contribution in [0.1, 0.15) is 47.7 Å². The standard InChI is InChI=1S/C29H30N2O6S/c1-18(2)24-17-25(27(33)28(34)26(24)32)38(36,37)31-23-13-12-20-15-22(11-10-21(20)16-23)29(35)30-14-6-9-19-7-4-3-5-8-19/h3-5,7-8,10-13,15-18,31-34H,6,9,14H2,1-2H3,(H,30,35). The molecule has 198 valence electrons. The molecule has 9 heteroatoms. The molecule has 5 N–H and O–H groups in total. The summed E-state index contributed by atoms with van der Waals surface area (Å²) in [6.45, 7) is 3.99. The zero-order valence-electron chi connectivity index (χ0n) is 21.1. The number of carbonyl (C=O) groups excluding carboxylic acids is 1. The third kappa shape index (κ3) is 5.84. The lowest BCUT2D eigenvalue weighted by Crippen LogP contribution is -2.24. The van der Waals surface area contributed by atoms with Crippen molar-refractivity contribution in [2.45, 2.75) is 37.5 Å². The zero-order chi connectivity index (χ0) is 27.4. The Bertz CT molecular complexity index is 1580. The summed E-state index contributed by atoms with van der Waals surface area (Å²) in [5.41, 5.74) is 2.13. The van der Waals surface area contributed by atoms with E-state index in [1.165, 1.54) is 5.56 Å². The van der Waals surface area contributed by atoms with Crippen LogP contribution in [0.4, 0.5) is 5.69 Å². The highest BCUT2D eigenvalue weighted by atomic mass is 32.2. The topological polar surface area (TPSA) is 136 Å². The van der Waals surface area contributed by atoms with Crippen LogP contribution < -0.4 is 10.0 Å². The first-order valence-electron chi connectivity index (χ1n) is 12.2. The number of hydrogen-bond acceptors (Lipinski definition) is 6. The minimum absolute atomic E-state index is 0.185. The van der Waals surface area contributed by atoms with Crippen molar-refractivity contribution in [3.05, 3.63) is 89.5 Å². The quantitative estimate of drug-likeness (QED) is 0.147. The molecule has 0 bridgehead atoms. The number of fused-ring (bicyclic) bond motifs is 1. The highest BCUT2D eigenvalue weighted by Crippen LogP contribution is 2.45. The lowest BCUT2D eigenvalue weighted by atomic mass is 10.0. The number of nitrogens with one attached hydrogen (secondary N) is 2. The van der Waals surface area contributed by atoms with Gasteiger partial charge in [0, 0.05) is 23.4 Å². The summed E-state index contributed by atoms with van der Waals surface area (Å²) < 4.78 is 28.5. The number of benzene rings is 4. The minimum atomic E-state index is -4.30. The number of rotatable bonds is 9. The molecular formula is C29H30N2O6S. The number of sulfonamides is 1. The lowest BCUT2D eigenvalue weighted by Gasteiger charge is -2.16. The second kappa shape index (κ2) is 11.0. The highest BCUT2D eigenvalue weighted by Gasteiger charge is 2.27. The molecule has 0 atom stereocenters. The van der Waals surface area contributed by atoms with Crippen molar-refractivity contribution < 1.29 is 28.5 Å². The Morgan fingerprint density at radius 3 is 2.24 bits per heavy atom. The Balaban J connectivity index is 1.47. The van der Waals surface area contributed by atoms with Crippen LogP contribution >= 0.6 is 0 Å². The summed E-state index contributed by atoms with van der Waals surface area (Å²) in [4.78, 5) is 12.1. The third-order valence-electron chi connectivity index (χ3n) is 6.28. The first-order chi connectivity index (χ1) is 18.1. The normalized spacial score (nSPS) is 11.6. The monoisotopic (exact) mass is 534 g/mol. The van der Waals surface area contributed by atoms with Crippen molar-refractivity contribution in [1.82, 2.24) is 5.32 Å². The fraction of sp³-hybridized carbons (Fsp3) is 0.207. The number of hydrogen-bond donors (Lipinski definition) is 5. The van der Waals surface area contributed by atoms with Crippen LogP contribution in [0.2, 0.25) is 0 Å². The molecule has 4 aromatic rings. The molecular weight excluding hydrogens is 504 g/mol. The van der Waals surface area contributed by atoms with Crippen molar-refractivity contribution in [1.29, 1.82) is 0 Å². The maximum Gasteiger partial charge on any atom is 0.265 e. The second-order valence-electron chi connectivity index (χ2n) is 9.39. The molecule has 0 spiro atoms. The molecule has 0 saturated heterocycles. The zero-order valence-corrected chi connectivity index (χ0v) is 21.9. The molecule has 0 aromatic heterocycles. The highest BCUT2D eigenvalue weighted by molar-refractivity contribution is 7.92. The Morgan fingerprint density at radius 2 is 1.53 bits per heavy atom. The van der Waals surface area contributed by atoms with Gasteiger partial charge in [-0.1, -0.05) is 56.3 Å². The molecule has 0 saturated carbocycles. The number of anilines is 1. The molecule has 0 aliphatic carbocycles. The van der Waals surface area contributed by atoms with Crippen LogP contribution in [0, 0.1) is 0 Å². The molecule has 0 aliphatic heterocycles. The van der Waals surface area contributed by atoms with Crippen molar-refractivity contribution in [3.8, 4) is 17.2 Å². The van der Waals surface area contributed by atoms with Gasteiger partial charge in [0.25, 0.3) is 15.9 Å². The van der Waals surface area contributed by atoms with Crippen LogP contribution in [-0.2, 0) is 16.4 Å². The van der Waals surface area contributed by atoms with E-state index in [1.54, 1.807) is 50.2 Å². The van der Waals surface area contributed by atoms with Crippen LogP contribution in [0.5, 0.6) is 17.2 Å². The van der Waals surface area contributed by atoms with Gasteiger partial charge in [-0.25, -0.2) is 8.42 Å². The summed E-state index contributed by atoms with van der Waals surface area (Å²) in [5.74, 6) is -2.86. The first kappa shape index (κ1) is 26.8. The smallest absolute Gasteiger partial charge is 0.265 e. The fourth-order valence-electron chi connectivity index (χ4n) is 4.19. The fourth-order valence-corrected chi connectivity index (χ4v) is 5.37. The number of phenols is 3. The summed E-state index contributed by atoms with van der Waals surface area (Å²) in [5, 5.41) is 34.7. The van der Waals surface area contributed by atoms with Gasteiger partial charge in [0.2, 0.25) is 5.75 Å². The van der Waals surface area contributed by atoms with Gasteiger partial charge in [-0.2, -0.15) is 0 Å². The van der Waals surface area contributed by atoms with E-state index in [9.17, 15) is 28.5 Å². The first-order valence-corrected chi connectivity index (χ1v) is 13.7. The van der Waals surface area contributed by atoms with Gasteiger partial charge in [0.1, 0.15) is 4.90 Å².